The van der Waals surface area contributed by atoms with Crippen LogP contribution in [0.25, 0.3) is 0 Å². The van der Waals surface area contributed by atoms with E-state index in [1.54, 1.807) is 0 Å². The SMILES string of the molecule is CC(C)CCCC(C)[C@H]1CC[C@H]2C3CC[C@H]4C[C@@H](O)CC[C@]4(C)[C@H]3CC[C@]12C. The summed E-state index contributed by atoms with van der Waals surface area (Å²) < 4.78 is 0. The number of fused-ring (bicyclic) bond motifs is 5. The van der Waals surface area contributed by atoms with Crippen LogP contribution in [0.1, 0.15) is 112 Å². The number of hydrogen-bond acceptors (Lipinski definition) is 1. The maximum Gasteiger partial charge on any atom is 0.0543 e. The highest BCUT2D eigenvalue weighted by Crippen LogP contribution is 2.68. The van der Waals surface area contributed by atoms with Gasteiger partial charge in [-0.15, -0.1) is 0 Å². The summed E-state index contributed by atoms with van der Waals surface area (Å²) in [4.78, 5) is 0. The average Bonchev–Trinajstić information content (AvgIpc) is 2.99. The van der Waals surface area contributed by atoms with Crippen molar-refractivity contribution in [2.24, 2.45) is 52.3 Å². The fourth-order valence-electron chi connectivity index (χ4n) is 9.26. The molecule has 0 amide bonds. The van der Waals surface area contributed by atoms with Gasteiger partial charge in [-0.25, -0.2) is 0 Å². The second-order valence-corrected chi connectivity index (χ2v) is 12.6. The van der Waals surface area contributed by atoms with E-state index >= 15 is 0 Å². The van der Waals surface area contributed by atoms with Gasteiger partial charge in [0.25, 0.3) is 0 Å². The van der Waals surface area contributed by atoms with E-state index in [1.165, 1.54) is 64.2 Å². The quantitative estimate of drug-likeness (QED) is 0.518. The summed E-state index contributed by atoms with van der Waals surface area (Å²) in [6.07, 6.45) is 16.6. The Morgan fingerprint density at radius 1 is 0.821 bits per heavy atom. The Bertz CT molecular complexity index is 540. The standard InChI is InChI=1S/C27H48O/c1-18(2)7-6-8-19(3)23-11-12-24-22-10-9-20-17-21(28)13-15-26(20,4)25(22)14-16-27(23,24)5/h18-25,28H,6-17H2,1-5H3/t19?,20-,21-,22?,23+,24-,25-,26-,27+/m0/s1. The van der Waals surface area contributed by atoms with Crippen molar-refractivity contribution in [1.82, 2.24) is 0 Å². The van der Waals surface area contributed by atoms with Gasteiger partial charge in [0.1, 0.15) is 0 Å². The van der Waals surface area contributed by atoms with Crippen molar-refractivity contribution in [3.05, 3.63) is 0 Å². The molecule has 0 saturated heterocycles. The Balaban J connectivity index is 1.46. The lowest BCUT2D eigenvalue weighted by atomic mass is 9.44. The molecule has 4 aliphatic carbocycles. The van der Waals surface area contributed by atoms with Crippen molar-refractivity contribution in [3.63, 3.8) is 0 Å². The van der Waals surface area contributed by atoms with Crippen molar-refractivity contribution in [2.45, 2.75) is 118 Å². The monoisotopic (exact) mass is 388 g/mol. The fourth-order valence-corrected chi connectivity index (χ4v) is 9.26. The van der Waals surface area contributed by atoms with E-state index in [0.29, 0.717) is 10.8 Å². The second kappa shape index (κ2) is 7.90. The molecule has 0 aromatic carbocycles. The normalized spacial score (nSPS) is 49.4. The van der Waals surface area contributed by atoms with Crippen molar-refractivity contribution >= 4 is 0 Å². The molecule has 0 aliphatic heterocycles. The summed E-state index contributed by atoms with van der Waals surface area (Å²) in [7, 11) is 0. The topological polar surface area (TPSA) is 20.2 Å². The Morgan fingerprint density at radius 3 is 2.29 bits per heavy atom. The molecule has 4 aliphatic rings. The first-order valence-electron chi connectivity index (χ1n) is 12.9. The van der Waals surface area contributed by atoms with Crippen LogP contribution in [0.3, 0.4) is 0 Å². The van der Waals surface area contributed by atoms with Gasteiger partial charge >= 0.3 is 0 Å². The molecule has 0 heterocycles. The van der Waals surface area contributed by atoms with E-state index in [4.69, 9.17) is 0 Å². The molecule has 1 N–H and O–H groups in total. The molecule has 0 aromatic rings. The van der Waals surface area contributed by atoms with Gasteiger partial charge in [0.15, 0.2) is 0 Å². The highest BCUT2D eigenvalue weighted by Gasteiger charge is 2.60. The molecule has 9 atom stereocenters. The second-order valence-electron chi connectivity index (χ2n) is 12.6. The van der Waals surface area contributed by atoms with E-state index in [1.807, 2.05) is 0 Å². The van der Waals surface area contributed by atoms with Gasteiger partial charge in [0.05, 0.1) is 6.10 Å². The minimum atomic E-state index is -0.00830. The van der Waals surface area contributed by atoms with Crippen LogP contribution in [0.2, 0.25) is 0 Å². The minimum Gasteiger partial charge on any atom is -0.393 e. The average molecular weight is 389 g/mol. The number of rotatable bonds is 5. The summed E-state index contributed by atoms with van der Waals surface area (Å²) >= 11 is 0. The Kier molecular flexibility index (Phi) is 5.98. The van der Waals surface area contributed by atoms with Crippen molar-refractivity contribution in [1.29, 1.82) is 0 Å². The number of aliphatic hydroxyl groups is 1. The van der Waals surface area contributed by atoms with Crippen LogP contribution >= 0.6 is 0 Å². The predicted octanol–water partition coefficient (Wildman–Crippen LogP) is 7.47. The van der Waals surface area contributed by atoms with Gasteiger partial charge in [0.2, 0.25) is 0 Å². The maximum atomic E-state index is 10.3. The first kappa shape index (κ1) is 21.2. The van der Waals surface area contributed by atoms with Gasteiger partial charge in [-0.05, 0) is 110 Å². The summed E-state index contributed by atoms with van der Waals surface area (Å²) in [6, 6.07) is 0. The van der Waals surface area contributed by atoms with Crippen molar-refractivity contribution in [2.75, 3.05) is 0 Å². The molecule has 28 heavy (non-hydrogen) atoms. The van der Waals surface area contributed by atoms with Crippen LogP contribution in [0, 0.1) is 52.3 Å². The van der Waals surface area contributed by atoms with Crippen LogP contribution in [-0.2, 0) is 0 Å². The third kappa shape index (κ3) is 3.50. The summed E-state index contributed by atoms with van der Waals surface area (Å²) in [5, 5.41) is 10.3. The Morgan fingerprint density at radius 2 is 1.54 bits per heavy atom. The minimum absolute atomic E-state index is 0.00830. The Labute approximate surface area is 175 Å². The zero-order chi connectivity index (χ0) is 20.1. The van der Waals surface area contributed by atoms with Gasteiger partial charge in [-0.3, -0.25) is 0 Å². The molecule has 0 aromatic heterocycles. The first-order chi connectivity index (χ1) is 13.3. The van der Waals surface area contributed by atoms with Crippen LogP contribution in [-0.4, -0.2) is 11.2 Å². The summed E-state index contributed by atoms with van der Waals surface area (Å²) in [5.41, 5.74) is 1.15. The van der Waals surface area contributed by atoms with Gasteiger partial charge in [-0.2, -0.15) is 0 Å². The van der Waals surface area contributed by atoms with E-state index in [2.05, 4.69) is 34.6 Å². The molecular formula is C27H48O. The van der Waals surface area contributed by atoms with Crippen LogP contribution < -0.4 is 0 Å². The zero-order valence-corrected chi connectivity index (χ0v) is 19.6. The predicted molar refractivity (Wildman–Crippen MR) is 119 cm³/mol. The number of aliphatic hydroxyl groups excluding tert-OH is 1. The third-order valence-electron chi connectivity index (χ3n) is 10.8. The van der Waals surface area contributed by atoms with Gasteiger partial charge in [-0.1, -0.05) is 53.9 Å². The van der Waals surface area contributed by atoms with Crippen molar-refractivity contribution < 1.29 is 5.11 Å². The maximum absolute atomic E-state index is 10.3. The zero-order valence-electron chi connectivity index (χ0n) is 19.6. The number of hydrogen-bond donors (Lipinski definition) is 1. The molecule has 4 rings (SSSR count). The lowest BCUT2D eigenvalue weighted by Gasteiger charge is -2.61. The summed E-state index contributed by atoms with van der Waals surface area (Å²) in [5.74, 6) is 6.49. The van der Waals surface area contributed by atoms with Crippen molar-refractivity contribution in [3.8, 4) is 0 Å². The highest BCUT2D eigenvalue weighted by atomic mass is 16.3. The Hall–Kier alpha value is -0.0400. The van der Waals surface area contributed by atoms with Gasteiger partial charge in [0, 0.05) is 0 Å². The molecule has 0 spiro atoms. The van der Waals surface area contributed by atoms with Gasteiger partial charge < -0.3 is 5.11 Å². The van der Waals surface area contributed by atoms with E-state index in [-0.39, 0.29) is 6.10 Å². The molecular weight excluding hydrogens is 340 g/mol. The smallest absolute Gasteiger partial charge is 0.0543 e. The third-order valence-corrected chi connectivity index (χ3v) is 10.8. The van der Waals surface area contributed by atoms with E-state index in [0.717, 1.165) is 54.3 Å². The van der Waals surface area contributed by atoms with Crippen LogP contribution in [0.15, 0.2) is 0 Å². The van der Waals surface area contributed by atoms with E-state index in [9.17, 15) is 5.11 Å². The molecule has 1 heteroatoms. The molecule has 0 bridgehead atoms. The van der Waals surface area contributed by atoms with Crippen LogP contribution in [0.4, 0.5) is 0 Å². The molecule has 2 unspecified atom stereocenters. The summed E-state index contributed by atoms with van der Waals surface area (Å²) in [6.45, 7) is 12.7. The molecule has 4 saturated carbocycles. The molecule has 4 fully saturated rings. The van der Waals surface area contributed by atoms with E-state index < -0.39 is 0 Å². The highest BCUT2D eigenvalue weighted by molar-refractivity contribution is 5.09. The molecule has 1 nitrogen and oxygen atoms in total. The molecule has 162 valence electrons. The lowest BCUT2D eigenvalue weighted by Crippen LogP contribution is -2.54. The largest absolute Gasteiger partial charge is 0.393 e. The lowest BCUT2D eigenvalue weighted by molar-refractivity contribution is -0.129. The fraction of sp³-hybridized carbons (Fsp3) is 1.00. The molecule has 0 radical (unpaired) electrons. The first-order valence-corrected chi connectivity index (χ1v) is 12.9. The van der Waals surface area contributed by atoms with Crippen LogP contribution in [0.5, 0.6) is 0 Å².